The first-order valence-corrected chi connectivity index (χ1v) is 17.8. The molecule has 2 unspecified atom stereocenters. The number of halogens is 2. The van der Waals surface area contributed by atoms with Crippen molar-refractivity contribution in [2.45, 2.75) is 9.79 Å². The van der Waals surface area contributed by atoms with E-state index in [-0.39, 0.29) is 21.4 Å². The SMILES string of the molecule is O=[PH](O)Oc1cc(Cl)ccc1N=Nc1c(S(=O)(=O)O)cc2cc(S(=O)(=O)O)c(N=Nc3ccc(Cl)cc3O[PH](=O)O)c(O)c2c1O. The quantitative estimate of drug-likeness (QED) is 0.0579. The van der Waals surface area contributed by atoms with E-state index in [9.17, 15) is 45.3 Å². The number of benzene rings is 4. The zero-order chi connectivity index (χ0) is 34.1. The van der Waals surface area contributed by atoms with Crippen LogP contribution >= 0.6 is 39.7 Å². The van der Waals surface area contributed by atoms with Crippen LogP contribution in [-0.2, 0) is 29.4 Å². The van der Waals surface area contributed by atoms with Crippen LogP contribution in [0.15, 0.2) is 78.8 Å². The van der Waals surface area contributed by atoms with Gasteiger partial charge < -0.3 is 29.0 Å². The number of hydrogen-bond acceptors (Lipinski definition) is 14. The molecule has 0 aliphatic carbocycles. The topological polar surface area (TPSA) is 292 Å². The van der Waals surface area contributed by atoms with E-state index in [1.165, 1.54) is 12.1 Å². The average molecular weight is 757 g/mol. The number of azo groups is 2. The van der Waals surface area contributed by atoms with E-state index in [1.807, 2.05) is 0 Å². The van der Waals surface area contributed by atoms with Gasteiger partial charge in [0.1, 0.15) is 32.5 Å². The number of phenolic OH excluding ortho intramolecular Hbond substituents is 2. The number of phenols is 2. The summed E-state index contributed by atoms with van der Waals surface area (Å²) in [5.74, 6) is -3.22. The summed E-state index contributed by atoms with van der Waals surface area (Å²) < 4.78 is 101. The second-order valence-corrected chi connectivity index (χ2v) is 13.7. The van der Waals surface area contributed by atoms with Crippen molar-refractivity contribution in [1.29, 1.82) is 0 Å². The van der Waals surface area contributed by atoms with E-state index in [0.717, 1.165) is 24.3 Å². The molecule has 24 heteroatoms. The van der Waals surface area contributed by atoms with Gasteiger partial charge in [-0.25, -0.2) is 9.13 Å². The maximum absolute atomic E-state index is 12.3. The molecule has 4 rings (SSSR count). The molecular weight excluding hydrogens is 741 g/mol. The summed E-state index contributed by atoms with van der Waals surface area (Å²) in [7, 11) is -17.7. The minimum Gasteiger partial charge on any atom is -0.505 e. The van der Waals surface area contributed by atoms with E-state index in [1.54, 1.807) is 0 Å². The van der Waals surface area contributed by atoms with E-state index in [0.29, 0.717) is 12.1 Å². The lowest BCUT2D eigenvalue weighted by Gasteiger charge is -2.13. The second kappa shape index (κ2) is 13.6. The molecule has 0 amide bonds. The first-order chi connectivity index (χ1) is 21.4. The van der Waals surface area contributed by atoms with Crippen LogP contribution in [0.3, 0.4) is 0 Å². The van der Waals surface area contributed by atoms with Gasteiger partial charge in [0.25, 0.3) is 20.2 Å². The Morgan fingerprint density at radius 2 is 1.00 bits per heavy atom. The van der Waals surface area contributed by atoms with Crippen molar-refractivity contribution >= 4 is 93.5 Å². The van der Waals surface area contributed by atoms with Gasteiger partial charge >= 0.3 is 16.5 Å². The summed E-state index contributed by atoms with van der Waals surface area (Å²) in [6, 6.07) is 8.04. The molecule has 0 fully saturated rings. The molecule has 0 aliphatic heterocycles. The summed E-state index contributed by atoms with van der Waals surface area (Å²) in [6.07, 6.45) is 0. The van der Waals surface area contributed by atoms with Crippen LogP contribution in [0.4, 0.5) is 22.7 Å². The standard InChI is InChI=1S/C22H16Cl2N4O14P2S2/c23-10-1-3-12(14(7-10)41-43(31)32)25-27-19-16(45(35,36)37)5-9-6-17(46(38,39)40)20(22(30)18(9)21(19)29)28-26-13-4-2-11(24)8-15(13)42-44(33)34/h1-8,29-30,43-44H,(H,31,32)(H,33,34)(H,35,36,37)(H,38,39,40). The maximum Gasteiger partial charge on any atom is 0.365 e. The molecule has 18 nitrogen and oxygen atoms in total. The largest absolute Gasteiger partial charge is 0.505 e. The first kappa shape index (κ1) is 35.2. The van der Waals surface area contributed by atoms with Gasteiger partial charge in [0, 0.05) is 22.2 Å². The lowest BCUT2D eigenvalue weighted by molar-refractivity contribution is 0.409. The van der Waals surface area contributed by atoms with Crippen molar-refractivity contribution in [3.8, 4) is 23.0 Å². The molecule has 0 saturated heterocycles. The van der Waals surface area contributed by atoms with Crippen LogP contribution < -0.4 is 9.05 Å². The van der Waals surface area contributed by atoms with Crippen LogP contribution in [-0.4, -0.2) is 45.9 Å². The minimum absolute atomic E-state index is 0.0358. The van der Waals surface area contributed by atoms with Gasteiger partial charge in [-0.15, -0.1) is 20.5 Å². The highest BCUT2D eigenvalue weighted by atomic mass is 35.5. The summed E-state index contributed by atoms with van der Waals surface area (Å²) in [4.78, 5) is 16.0. The number of rotatable bonds is 10. The van der Waals surface area contributed by atoms with Crippen molar-refractivity contribution in [1.82, 2.24) is 0 Å². The normalized spacial score (nSPS) is 13.8. The van der Waals surface area contributed by atoms with Crippen LogP contribution in [0.2, 0.25) is 10.0 Å². The van der Waals surface area contributed by atoms with Crippen molar-refractivity contribution < 1.29 is 64.1 Å². The average Bonchev–Trinajstić information content (AvgIpc) is 2.91. The van der Waals surface area contributed by atoms with E-state index < -0.39 is 91.7 Å². The Hall–Kier alpha value is -3.68. The zero-order valence-electron chi connectivity index (χ0n) is 21.9. The molecule has 0 radical (unpaired) electrons. The fraction of sp³-hybridized carbons (Fsp3) is 0. The van der Waals surface area contributed by atoms with E-state index >= 15 is 0 Å². The lowest BCUT2D eigenvalue weighted by Crippen LogP contribution is -2.01. The fourth-order valence-electron chi connectivity index (χ4n) is 3.75. The molecule has 2 atom stereocenters. The summed E-state index contributed by atoms with van der Waals surface area (Å²) in [6.45, 7) is 0. The van der Waals surface area contributed by atoms with Gasteiger partial charge in [0.15, 0.2) is 23.0 Å². The van der Waals surface area contributed by atoms with Crippen LogP contribution in [0.5, 0.6) is 23.0 Å². The Bertz CT molecular complexity index is 2080. The molecule has 0 aliphatic rings. The zero-order valence-corrected chi connectivity index (χ0v) is 27.1. The van der Waals surface area contributed by atoms with Gasteiger partial charge in [0.2, 0.25) is 0 Å². The number of hydrogen-bond donors (Lipinski definition) is 6. The van der Waals surface area contributed by atoms with Crippen LogP contribution in [0, 0.1) is 0 Å². The van der Waals surface area contributed by atoms with Crippen LogP contribution in [0.1, 0.15) is 0 Å². The summed E-state index contributed by atoms with van der Waals surface area (Å²) >= 11 is 11.7. The minimum atomic E-state index is -5.28. The van der Waals surface area contributed by atoms with Gasteiger partial charge in [0.05, 0.1) is 5.39 Å². The predicted molar refractivity (Wildman–Crippen MR) is 162 cm³/mol. The molecule has 244 valence electrons. The summed E-state index contributed by atoms with van der Waals surface area (Å²) in [5, 5.41) is 35.5. The number of nitrogens with zero attached hydrogens (tertiary/aromatic N) is 4. The third-order valence-electron chi connectivity index (χ3n) is 5.56. The highest BCUT2D eigenvalue weighted by Gasteiger charge is 2.29. The van der Waals surface area contributed by atoms with Crippen molar-refractivity contribution in [2.75, 3.05) is 0 Å². The predicted octanol–water partition coefficient (Wildman–Crippen LogP) is 6.40. The van der Waals surface area contributed by atoms with Crippen LogP contribution in [0.25, 0.3) is 10.8 Å². The van der Waals surface area contributed by atoms with Crippen molar-refractivity contribution in [3.05, 3.63) is 58.6 Å². The Morgan fingerprint density at radius 1 is 0.630 bits per heavy atom. The van der Waals surface area contributed by atoms with E-state index in [2.05, 4.69) is 20.5 Å². The molecule has 46 heavy (non-hydrogen) atoms. The Balaban J connectivity index is 2.01. The number of aromatic hydroxyl groups is 2. The monoisotopic (exact) mass is 756 g/mol. The molecule has 4 aromatic rings. The van der Waals surface area contributed by atoms with Crippen molar-refractivity contribution in [2.24, 2.45) is 20.5 Å². The Morgan fingerprint density at radius 3 is 1.33 bits per heavy atom. The first-order valence-electron chi connectivity index (χ1n) is 11.6. The highest BCUT2D eigenvalue weighted by molar-refractivity contribution is 7.86. The third kappa shape index (κ3) is 7.99. The van der Waals surface area contributed by atoms with Gasteiger partial charge in [-0.1, -0.05) is 23.2 Å². The van der Waals surface area contributed by atoms with Gasteiger partial charge in [-0.3, -0.25) is 9.11 Å². The molecule has 0 saturated carbocycles. The Kier molecular flexibility index (Phi) is 10.4. The number of fused-ring (bicyclic) bond motifs is 1. The molecule has 0 spiro atoms. The molecular formula is C22H16Cl2N4O14P2S2. The summed E-state index contributed by atoms with van der Waals surface area (Å²) in [5.41, 5.74) is -2.67. The van der Waals surface area contributed by atoms with Crippen molar-refractivity contribution in [3.63, 3.8) is 0 Å². The molecule has 4 aromatic carbocycles. The molecule has 0 aromatic heterocycles. The van der Waals surface area contributed by atoms with E-state index in [4.69, 9.17) is 42.0 Å². The second-order valence-electron chi connectivity index (χ2n) is 8.55. The maximum atomic E-state index is 12.3. The van der Waals surface area contributed by atoms with Gasteiger partial charge in [-0.2, -0.15) is 16.8 Å². The third-order valence-corrected chi connectivity index (χ3v) is 8.55. The lowest BCUT2D eigenvalue weighted by atomic mass is 10.1. The van der Waals surface area contributed by atoms with Gasteiger partial charge in [-0.05, 0) is 41.8 Å². The fourth-order valence-corrected chi connectivity index (χ4v) is 6.09. The Labute approximate surface area is 268 Å². The highest BCUT2D eigenvalue weighted by Crippen LogP contribution is 2.50. The molecule has 0 bridgehead atoms. The molecule has 6 N–H and O–H groups in total. The molecule has 0 heterocycles. The smallest absolute Gasteiger partial charge is 0.365 e.